The van der Waals surface area contributed by atoms with Crippen molar-refractivity contribution >= 4 is 0 Å². The van der Waals surface area contributed by atoms with E-state index in [0.29, 0.717) is 0 Å². The monoisotopic (exact) mass is 251 g/mol. The van der Waals surface area contributed by atoms with Crippen LogP contribution in [0.25, 0.3) is 0 Å². The Morgan fingerprint density at radius 2 is 1.94 bits per heavy atom. The molecule has 1 atom stereocenters. The number of hydrogen-bond acceptors (Lipinski definition) is 5. The molecule has 1 N–H and O–H groups in total. The van der Waals surface area contributed by atoms with Gasteiger partial charge in [-0.25, -0.2) is 4.98 Å². The van der Waals surface area contributed by atoms with Crippen molar-refractivity contribution in [2.24, 2.45) is 0 Å². The van der Waals surface area contributed by atoms with Crippen molar-refractivity contribution in [3.8, 4) is 11.8 Å². The van der Waals surface area contributed by atoms with Crippen molar-refractivity contribution in [3.05, 3.63) is 11.9 Å². The average molecular weight is 251 g/mol. The highest BCUT2D eigenvalue weighted by Crippen LogP contribution is 2.35. The van der Waals surface area contributed by atoms with Gasteiger partial charge in [0.25, 0.3) is 0 Å². The first-order valence-corrected chi connectivity index (χ1v) is 4.63. The van der Waals surface area contributed by atoms with E-state index in [1.54, 1.807) is 0 Å². The van der Waals surface area contributed by atoms with Crippen LogP contribution in [-0.4, -0.2) is 37.4 Å². The van der Waals surface area contributed by atoms with E-state index < -0.39 is 12.2 Å². The topological polar surface area (TPSA) is 56.3 Å². The Balaban J connectivity index is 3.20. The van der Waals surface area contributed by atoms with E-state index in [9.17, 15) is 13.2 Å². The number of hydrogen-bond donors (Lipinski definition) is 1. The van der Waals surface area contributed by atoms with Gasteiger partial charge >= 0.3 is 6.18 Å². The van der Waals surface area contributed by atoms with E-state index in [2.05, 4.69) is 15.3 Å². The zero-order chi connectivity index (χ0) is 13.1. The molecule has 0 fully saturated rings. The number of alkyl halides is 3. The molecule has 0 radical (unpaired) electrons. The van der Waals surface area contributed by atoms with E-state index in [-0.39, 0.29) is 17.5 Å². The lowest BCUT2D eigenvalue weighted by Gasteiger charge is -2.20. The average Bonchev–Trinajstić information content (AvgIpc) is 2.28. The molecule has 5 nitrogen and oxygen atoms in total. The van der Waals surface area contributed by atoms with Gasteiger partial charge in [0.15, 0.2) is 6.04 Å². The molecule has 1 aromatic rings. The van der Waals surface area contributed by atoms with Crippen molar-refractivity contribution in [2.45, 2.75) is 12.2 Å². The molecule has 17 heavy (non-hydrogen) atoms. The predicted octanol–water partition coefficient (Wildman–Crippen LogP) is 1.32. The normalized spacial score (nSPS) is 13.3. The fourth-order valence-electron chi connectivity index (χ4n) is 1.27. The third-order valence-electron chi connectivity index (χ3n) is 2.04. The summed E-state index contributed by atoms with van der Waals surface area (Å²) in [6.07, 6.45) is -3.38. The van der Waals surface area contributed by atoms with Gasteiger partial charge in [0.2, 0.25) is 11.8 Å². The Bertz CT molecular complexity index is 384. The maximum atomic E-state index is 12.7. The third-order valence-corrected chi connectivity index (χ3v) is 2.04. The van der Waals surface area contributed by atoms with Gasteiger partial charge < -0.3 is 14.8 Å². The summed E-state index contributed by atoms with van der Waals surface area (Å²) in [6, 6.07) is -1.93. The van der Waals surface area contributed by atoms with Crippen molar-refractivity contribution in [3.63, 3.8) is 0 Å². The molecule has 0 amide bonds. The summed E-state index contributed by atoms with van der Waals surface area (Å²) in [5.41, 5.74) is -0.330. The Kier molecular flexibility index (Phi) is 4.11. The summed E-state index contributed by atoms with van der Waals surface area (Å²) in [5, 5.41) is 2.12. The van der Waals surface area contributed by atoms with Gasteiger partial charge in [-0.2, -0.15) is 18.2 Å². The molecule has 1 aromatic heterocycles. The molecular weight excluding hydrogens is 239 g/mol. The molecule has 1 heterocycles. The van der Waals surface area contributed by atoms with Crippen LogP contribution in [0.2, 0.25) is 0 Å². The van der Waals surface area contributed by atoms with Crippen LogP contribution in [-0.2, 0) is 0 Å². The maximum Gasteiger partial charge on any atom is 0.409 e. The van der Waals surface area contributed by atoms with Crippen molar-refractivity contribution < 1.29 is 22.6 Å². The zero-order valence-corrected chi connectivity index (χ0v) is 9.50. The minimum absolute atomic E-state index is 0.0858. The molecule has 0 saturated heterocycles. The van der Waals surface area contributed by atoms with Crippen molar-refractivity contribution in [2.75, 3.05) is 21.3 Å². The van der Waals surface area contributed by atoms with E-state index in [1.165, 1.54) is 21.3 Å². The Morgan fingerprint density at radius 1 is 1.29 bits per heavy atom. The SMILES string of the molecule is CNC(c1ncc(OC)nc1OC)C(F)(F)F. The van der Waals surface area contributed by atoms with Crippen molar-refractivity contribution in [1.82, 2.24) is 15.3 Å². The highest BCUT2D eigenvalue weighted by Gasteiger charge is 2.42. The summed E-state index contributed by atoms with van der Waals surface area (Å²) in [7, 11) is 3.74. The van der Waals surface area contributed by atoms with Gasteiger partial charge in [-0.15, -0.1) is 0 Å². The summed E-state index contributed by atoms with van der Waals surface area (Å²) < 4.78 is 47.6. The second-order valence-electron chi connectivity index (χ2n) is 3.07. The van der Waals surface area contributed by atoms with Gasteiger partial charge in [0, 0.05) is 0 Å². The van der Waals surface area contributed by atoms with E-state index in [4.69, 9.17) is 9.47 Å². The van der Waals surface area contributed by atoms with Gasteiger partial charge in [0.1, 0.15) is 5.69 Å². The maximum absolute atomic E-state index is 12.7. The van der Waals surface area contributed by atoms with Crippen LogP contribution < -0.4 is 14.8 Å². The van der Waals surface area contributed by atoms with Crippen LogP contribution in [0.5, 0.6) is 11.8 Å². The standard InChI is InChI=1S/C9H12F3N3O2/c1-13-7(9(10,11)12)6-8(17-3)15-5(16-2)4-14-6/h4,7,13H,1-3H3. The number of aromatic nitrogens is 2. The molecule has 0 saturated carbocycles. The number of ether oxygens (including phenoxy) is 2. The molecular formula is C9H12F3N3O2. The van der Waals surface area contributed by atoms with Crippen LogP contribution in [0.4, 0.5) is 13.2 Å². The highest BCUT2D eigenvalue weighted by molar-refractivity contribution is 5.26. The van der Waals surface area contributed by atoms with Gasteiger partial charge in [-0.1, -0.05) is 0 Å². The molecule has 0 spiro atoms. The summed E-state index contributed by atoms with van der Waals surface area (Å²) >= 11 is 0. The number of rotatable bonds is 4. The van der Waals surface area contributed by atoms with Gasteiger partial charge in [-0.05, 0) is 7.05 Å². The molecule has 1 rings (SSSR count). The van der Waals surface area contributed by atoms with Crippen LogP contribution in [0.15, 0.2) is 6.20 Å². The smallest absolute Gasteiger partial charge is 0.409 e. The number of methoxy groups -OCH3 is 2. The van der Waals surface area contributed by atoms with E-state index >= 15 is 0 Å². The van der Waals surface area contributed by atoms with Crippen LogP contribution in [0.3, 0.4) is 0 Å². The Morgan fingerprint density at radius 3 is 2.35 bits per heavy atom. The van der Waals surface area contributed by atoms with Gasteiger partial charge in [0.05, 0.1) is 20.4 Å². The predicted molar refractivity (Wildman–Crippen MR) is 53.0 cm³/mol. The first-order valence-electron chi connectivity index (χ1n) is 4.63. The molecule has 8 heteroatoms. The van der Waals surface area contributed by atoms with Gasteiger partial charge in [-0.3, -0.25) is 0 Å². The van der Waals surface area contributed by atoms with Crippen LogP contribution >= 0.6 is 0 Å². The quantitative estimate of drug-likeness (QED) is 0.874. The molecule has 0 bridgehead atoms. The molecule has 0 aliphatic rings. The Hall–Kier alpha value is -1.57. The molecule has 96 valence electrons. The van der Waals surface area contributed by atoms with E-state index in [0.717, 1.165) is 6.20 Å². The minimum Gasteiger partial charge on any atom is -0.480 e. The lowest BCUT2D eigenvalue weighted by molar-refractivity contribution is -0.157. The van der Waals surface area contributed by atoms with E-state index in [1.807, 2.05) is 0 Å². The van der Waals surface area contributed by atoms with Crippen LogP contribution in [0.1, 0.15) is 11.7 Å². The number of nitrogens with zero attached hydrogens (tertiary/aromatic N) is 2. The Labute approximate surface area is 96.0 Å². The number of halogens is 3. The lowest BCUT2D eigenvalue weighted by Crippen LogP contribution is -2.33. The minimum atomic E-state index is -4.48. The van der Waals surface area contributed by atoms with Crippen molar-refractivity contribution in [1.29, 1.82) is 0 Å². The largest absolute Gasteiger partial charge is 0.480 e. The molecule has 0 aromatic carbocycles. The van der Waals surface area contributed by atoms with Crippen LogP contribution in [0, 0.1) is 0 Å². The first-order chi connectivity index (χ1) is 7.93. The summed E-state index contributed by atoms with van der Waals surface area (Å²) in [6.45, 7) is 0. The molecule has 1 unspecified atom stereocenters. The summed E-state index contributed by atoms with van der Waals surface area (Å²) in [4.78, 5) is 7.41. The third kappa shape index (κ3) is 2.96. The highest BCUT2D eigenvalue weighted by atomic mass is 19.4. The zero-order valence-electron chi connectivity index (χ0n) is 9.50. The second kappa shape index (κ2) is 5.17. The fraction of sp³-hybridized carbons (Fsp3) is 0.556. The second-order valence-corrected chi connectivity index (χ2v) is 3.07. The fourth-order valence-corrected chi connectivity index (χ4v) is 1.27. The first kappa shape index (κ1) is 13.5. The lowest BCUT2D eigenvalue weighted by atomic mass is 10.2. The summed E-state index contributed by atoms with van der Waals surface area (Å²) in [5.74, 6) is -0.136. The molecule has 0 aliphatic heterocycles. The molecule has 0 aliphatic carbocycles. The number of nitrogens with one attached hydrogen (secondary N) is 1.